The van der Waals surface area contributed by atoms with Gasteiger partial charge in [-0.05, 0) is 24.5 Å². The van der Waals surface area contributed by atoms with E-state index in [2.05, 4.69) is 25.2 Å². The molecule has 0 radical (unpaired) electrons. The Balaban J connectivity index is 2.85. The second-order valence-corrected chi connectivity index (χ2v) is 4.84. The highest BCUT2D eigenvalue weighted by Crippen LogP contribution is 2.24. The molecule has 0 aliphatic heterocycles. The van der Waals surface area contributed by atoms with Crippen molar-refractivity contribution in [3.05, 3.63) is 29.8 Å². The number of hydrogen-bond donors (Lipinski definition) is 1. The topological polar surface area (TPSA) is 32.3 Å². The second kappa shape index (κ2) is 5.71. The van der Waals surface area contributed by atoms with Gasteiger partial charge in [0.1, 0.15) is 6.04 Å². The van der Waals surface area contributed by atoms with Crippen molar-refractivity contribution in [2.24, 2.45) is 0 Å². The third-order valence-corrected chi connectivity index (χ3v) is 2.77. The van der Waals surface area contributed by atoms with Gasteiger partial charge in [-0.3, -0.25) is 4.79 Å². The van der Waals surface area contributed by atoms with Crippen molar-refractivity contribution in [2.75, 3.05) is 19.4 Å². The molecular formula is C14H22N2O. The Bertz CT molecular complexity index is 386. The quantitative estimate of drug-likeness (QED) is 0.868. The lowest BCUT2D eigenvalue weighted by Crippen LogP contribution is -2.36. The summed E-state index contributed by atoms with van der Waals surface area (Å²) in [6, 6.07) is 7.93. The number of rotatable bonds is 4. The second-order valence-electron chi connectivity index (χ2n) is 4.84. The SMILES string of the molecule is CC(Nc1ccccc1C(C)C)C(=O)N(C)C. The van der Waals surface area contributed by atoms with Crippen LogP contribution in [0.5, 0.6) is 0 Å². The maximum atomic E-state index is 11.8. The average Bonchev–Trinajstić information content (AvgIpc) is 2.28. The number of hydrogen-bond acceptors (Lipinski definition) is 2. The highest BCUT2D eigenvalue weighted by molar-refractivity contribution is 5.84. The van der Waals surface area contributed by atoms with Crippen LogP contribution in [0.3, 0.4) is 0 Å². The van der Waals surface area contributed by atoms with Crippen LogP contribution in [0.25, 0.3) is 0 Å². The summed E-state index contributed by atoms with van der Waals surface area (Å²) in [5.74, 6) is 0.531. The minimum Gasteiger partial charge on any atom is -0.374 e. The Labute approximate surface area is 104 Å². The van der Waals surface area contributed by atoms with E-state index in [9.17, 15) is 4.79 Å². The number of benzene rings is 1. The molecule has 0 aromatic heterocycles. The van der Waals surface area contributed by atoms with E-state index in [-0.39, 0.29) is 11.9 Å². The van der Waals surface area contributed by atoms with Gasteiger partial charge in [0, 0.05) is 19.8 Å². The molecule has 0 aliphatic carbocycles. The largest absolute Gasteiger partial charge is 0.374 e. The molecule has 94 valence electrons. The summed E-state index contributed by atoms with van der Waals surface area (Å²) in [4.78, 5) is 13.4. The summed E-state index contributed by atoms with van der Waals surface area (Å²) in [6.07, 6.45) is 0. The molecule has 1 atom stereocenters. The Hall–Kier alpha value is -1.51. The van der Waals surface area contributed by atoms with E-state index in [1.165, 1.54) is 5.56 Å². The monoisotopic (exact) mass is 234 g/mol. The van der Waals surface area contributed by atoms with Crippen molar-refractivity contribution in [3.8, 4) is 0 Å². The minimum absolute atomic E-state index is 0.0866. The van der Waals surface area contributed by atoms with Gasteiger partial charge in [-0.25, -0.2) is 0 Å². The molecule has 1 unspecified atom stereocenters. The van der Waals surface area contributed by atoms with Gasteiger partial charge in [0.2, 0.25) is 5.91 Å². The van der Waals surface area contributed by atoms with Crippen molar-refractivity contribution < 1.29 is 4.79 Å². The fourth-order valence-electron chi connectivity index (χ4n) is 1.81. The van der Waals surface area contributed by atoms with E-state index in [1.807, 2.05) is 25.1 Å². The maximum absolute atomic E-state index is 11.8. The lowest BCUT2D eigenvalue weighted by Gasteiger charge is -2.21. The summed E-state index contributed by atoms with van der Waals surface area (Å²) >= 11 is 0. The van der Waals surface area contributed by atoms with Crippen molar-refractivity contribution in [1.82, 2.24) is 4.90 Å². The Kier molecular flexibility index (Phi) is 4.55. The molecule has 1 aromatic carbocycles. The molecule has 1 N–H and O–H groups in total. The van der Waals surface area contributed by atoms with Crippen LogP contribution in [0.2, 0.25) is 0 Å². The zero-order valence-corrected chi connectivity index (χ0v) is 11.3. The first kappa shape index (κ1) is 13.6. The standard InChI is InChI=1S/C14H22N2O/c1-10(2)12-8-6-7-9-13(12)15-11(3)14(17)16(4)5/h6-11,15H,1-5H3. The smallest absolute Gasteiger partial charge is 0.244 e. The first-order chi connectivity index (χ1) is 7.93. The Morgan fingerprint density at radius 3 is 2.29 bits per heavy atom. The molecule has 1 rings (SSSR count). The van der Waals surface area contributed by atoms with Crippen molar-refractivity contribution in [3.63, 3.8) is 0 Å². The van der Waals surface area contributed by atoms with Crippen molar-refractivity contribution >= 4 is 11.6 Å². The van der Waals surface area contributed by atoms with Crippen LogP contribution in [0.1, 0.15) is 32.3 Å². The highest BCUT2D eigenvalue weighted by Gasteiger charge is 2.16. The van der Waals surface area contributed by atoms with Gasteiger partial charge in [-0.1, -0.05) is 32.0 Å². The molecule has 3 nitrogen and oxygen atoms in total. The molecule has 1 amide bonds. The predicted octanol–water partition coefficient (Wildman–Crippen LogP) is 2.70. The summed E-state index contributed by atoms with van der Waals surface area (Å²) in [7, 11) is 3.55. The van der Waals surface area contributed by atoms with Crippen molar-refractivity contribution in [1.29, 1.82) is 0 Å². The van der Waals surface area contributed by atoms with Gasteiger partial charge in [-0.15, -0.1) is 0 Å². The number of carbonyl (C=O) groups is 1. The summed E-state index contributed by atoms with van der Waals surface area (Å²) in [6.45, 7) is 6.19. The molecule has 0 saturated heterocycles. The number of amides is 1. The predicted molar refractivity (Wildman–Crippen MR) is 72.3 cm³/mol. The van der Waals surface area contributed by atoms with Gasteiger partial charge < -0.3 is 10.2 Å². The van der Waals surface area contributed by atoms with E-state index in [0.29, 0.717) is 5.92 Å². The zero-order valence-electron chi connectivity index (χ0n) is 11.3. The molecule has 0 heterocycles. The van der Waals surface area contributed by atoms with Crippen LogP contribution >= 0.6 is 0 Å². The van der Waals surface area contributed by atoms with E-state index < -0.39 is 0 Å². The Morgan fingerprint density at radius 1 is 1.18 bits per heavy atom. The van der Waals surface area contributed by atoms with Crippen LogP contribution in [0.15, 0.2) is 24.3 Å². The maximum Gasteiger partial charge on any atom is 0.244 e. The lowest BCUT2D eigenvalue weighted by molar-refractivity contribution is -0.129. The van der Waals surface area contributed by atoms with Gasteiger partial charge in [0.05, 0.1) is 0 Å². The van der Waals surface area contributed by atoms with Gasteiger partial charge in [0.25, 0.3) is 0 Å². The normalized spacial score (nSPS) is 12.4. The van der Waals surface area contributed by atoms with E-state index >= 15 is 0 Å². The first-order valence-electron chi connectivity index (χ1n) is 6.00. The zero-order chi connectivity index (χ0) is 13.0. The molecule has 0 bridgehead atoms. The Morgan fingerprint density at radius 2 is 1.76 bits per heavy atom. The fraction of sp³-hybridized carbons (Fsp3) is 0.500. The van der Waals surface area contributed by atoms with Crippen LogP contribution < -0.4 is 5.32 Å². The molecule has 0 spiro atoms. The molecule has 0 aliphatic rings. The summed E-state index contributed by atoms with van der Waals surface area (Å²) in [5.41, 5.74) is 2.29. The van der Waals surface area contributed by atoms with E-state index in [4.69, 9.17) is 0 Å². The fourth-order valence-corrected chi connectivity index (χ4v) is 1.81. The van der Waals surface area contributed by atoms with Gasteiger partial charge in [0.15, 0.2) is 0 Å². The minimum atomic E-state index is -0.204. The van der Waals surface area contributed by atoms with Gasteiger partial charge in [-0.2, -0.15) is 0 Å². The molecular weight excluding hydrogens is 212 g/mol. The number of nitrogens with one attached hydrogen (secondary N) is 1. The van der Waals surface area contributed by atoms with Gasteiger partial charge >= 0.3 is 0 Å². The first-order valence-corrected chi connectivity index (χ1v) is 6.00. The van der Waals surface area contributed by atoms with E-state index in [0.717, 1.165) is 5.69 Å². The molecule has 0 saturated carbocycles. The van der Waals surface area contributed by atoms with Crippen LogP contribution in [0.4, 0.5) is 5.69 Å². The highest BCUT2D eigenvalue weighted by atomic mass is 16.2. The lowest BCUT2D eigenvalue weighted by atomic mass is 10.0. The molecule has 1 aromatic rings. The van der Waals surface area contributed by atoms with Crippen LogP contribution in [-0.2, 0) is 4.79 Å². The molecule has 0 fully saturated rings. The summed E-state index contributed by atoms with van der Waals surface area (Å²) < 4.78 is 0. The number of likely N-dealkylation sites (N-methyl/N-ethyl adjacent to an activating group) is 1. The number of anilines is 1. The molecule has 17 heavy (non-hydrogen) atoms. The van der Waals surface area contributed by atoms with Crippen LogP contribution in [-0.4, -0.2) is 30.9 Å². The number of carbonyl (C=O) groups excluding carboxylic acids is 1. The summed E-state index contributed by atoms with van der Waals surface area (Å²) in [5, 5.41) is 3.28. The third kappa shape index (κ3) is 3.48. The number of nitrogens with zero attached hydrogens (tertiary/aromatic N) is 1. The third-order valence-electron chi connectivity index (χ3n) is 2.77. The number of para-hydroxylation sites is 1. The molecule has 3 heteroatoms. The van der Waals surface area contributed by atoms with E-state index in [1.54, 1.807) is 19.0 Å². The van der Waals surface area contributed by atoms with Crippen molar-refractivity contribution in [2.45, 2.75) is 32.7 Å². The average molecular weight is 234 g/mol. The van der Waals surface area contributed by atoms with Crippen LogP contribution in [0, 0.1) is 0 Å².